The van der Waals surface area contributed by atoms with Gasteiger partial charge in [-0.25, -0.2) is 4.98 Å². The van der Waals surface area contributed by atoms with Crippen LogP contribution in [0.2, 0.25) is 5.15 Å². The SMILES string of the molecule is CC(=O)c1ccc(Br)nc1Cl. The summed E-state index contributed by atoms with van der Waals surface area (Å²) in [4.78, 5) is 14.7. The Kier molecular flexibility index (Phi) is 2.62. The number of ketones is 1. The maximum Gasteiger partial charge on any atom is 0.162 e. The number of Topliss-reactive ketones (excluding diaryl/α,β-unsaturated/α-hetero) is 1. The zero-order valence-electron chi connectivity index (χ0n) is 5.77. The van der Waals surface area contributed by atoms with Gasteiger partial charge in [0.25, 0.3) is 0 Å². The Morgan fingerprint density at radius 1 is 1.64 bits per heavy atom. The summed E-state index contributed by atoms with van der Waals surface area (Å²) in [6.07, 6.45) is 0. The molecule has 0 aliphatic heterocycles. The second-order valence-electron chi connectivity index (χ2n) is 2.03. The Labute approximate surface area is 77.7 Å². The van der Waals surface area contributed by atoms with Crippen molar-refractivity contribution in [3.63, 3.8) is 0 Å². The molecule has 1 aromatic heterocycles. The standard InChI is InChI=1S/C7H5BrClNO/c1-4(11)5-2-3-6(8)10-7(5)9/h2-3H,1H3. The van der Waals surface area contributed by atoms with E-state index in [-0.39, 0.29) is 10.9 Å². The summed E-state index contributed by atoms with van der Waals surface area (Å²) < 4.78 is 0.632. The van der Waals surface area contributed by atoms with Crippen LogP contribution in [0, 0.1) is 0 Å². The molecule has 4 heteroatoms. The van der Waals surface area contributed by atoms with Gasteiger partial charge in [-0.2, -0.15) is 0 Å². The Hall–Kier alpha value is -0.410. The van der Waals surface area contributed by atoms with E-state index in [1.165, 1.54) is 6.92 Å². The molecule has 58 valence electrons. The minimum absolute atomic E-state index is 0.0741. The number of rotatable bonds is 1. The van der Waals surface area contributed by atoms with E-state index in [2.05, 4.69) is 20.9 Å². The minimum Gasteiger partial charge on any atom is -0.294 e. The van der Waals surface area contributed by atoms with Gasteiger partial charge < -0.3 is 0 Å². The van der Waals surface area contributed by atoms with Crippen molar-refractivity contribution in [2.75, 3.05) is 0 Å². The molecular formula is C7H5BrClNO. The topological polar surface area (TPSA) is 30.0 Å². The van der Waals surface area contributed by atoms with Crippen molar-refractivity contribution in [2.24, 2.45) is 0 Å². The summed E-state index contributed by atoms with van der Waals surface area (Å²) in [6, 6.07) is 3.32. The first-order valence-corrected chi connectivity index (χ1v) is 4.11. The fourth-order valence-electron chi connectivity index (χ4n) is 0.675. The number of hydrogen-bond donors (Lipinski definition) is 0. The molecule has 0 fully saturated rings. The normalized spacial score (nSPS) is 9.73. The van der Waals surface area contributed by atoms with Gasteiger partial charge in [-0.05, 0) is 35.0 Å². The monoisotopic (exact) mass is 233 g/mol. The molecule has 0 saturated carbocycles. The number of pyridine rings is 1. The number of carbonyl (C=O) groups excluding carboxylic acids is 1. The van der Waals surface area contributed by atoms with Crippen LogP contribution in [0.1, 0.15) is 17.3 Å². The van der Waals surface area contributed by atoms with Crippen LogP contribution in [-0.2, 0) is 0 Å². The fraction of sp³-hybridized carbons (Fsp3) is 0.143. The largest absolute Gasteiger partial charge is 0.294 e. The van der Waals surface area contributed by atoms with Crippen LogP contribution in [-0.4, -0.2) is 10.8 Å². The van der Waals surface area contributed by atoms with Gasteiger partial charge in [0.15, 0.2) is 5.78 Å². The first-order chi connectivity index (χ1) is 5.11. The van der Waals surface area contributed by atoms with E-state index in [4.69, 9.17) is 11.6 Å². The minimum atomic E-state index is -0.0741. The first kappa shape index (κ1) is 8.68. The molecule has 0 aromatic carbocycles. The van der Waals surface area contributed by atoms with Crippen molar-refractivity contribution in [1.29, 1.82) is 0 Å². The number of hydrogen-bond acceptors (Lipinski definition) is 2. The molecule has 0 unspecified atom stereocenters. The highest BCUT2D eigenvalue weighted by Crippen LogP contribution is 2.16. The van der Waals surface area contributed by atoms with Crippen LogP contribution in [0.15, 0.2) is 16.7 Å². The third-order valence-electron chi connectivity index (χ3n) is 1.19. The van der Waals surface area contributed by atoms with E-state index in [0.717, 1.165) is 0 Å². The molecule has 0 bridgehead atoms. The highest BCUT2D eigenvalue weighted by Gasteiger charge is 2.05. The second-order valence-corrected chi connectivity index (χ2v) is 3.20. The van der Waals surface area contributed by atoms with Crippen LogP contribution >= 0.6 is 27.5 Å². The summed E-state index contributed by atoms with van der Waals surface area (Å²) in [5.41, 5.74) is 0.454. The lowest BCUT2D eigenvalue weighted by atomic mass is 10.2. The van der Waals surface area contributed by atoms with Crippen molar-refractivity contribution < 1.29 is 4.79 Å². The first-order valence-electron chi connectivity index (χ1n) is 2.94. The maximum absolute atomic E-state index is 10.8. The van der Waals surface area contributed by atoms with Crippen molar-refractivity contribution in [1.82, 2.24) is 4.98 Å². The molecule has 0 amide bonds. The fourth-order valence-corrected chi connectivity index (χ4v) is 1.37. The van der Waals surface area contributed by atoms with E-state index in [1.54, 1.807) is 12.1 Å². The molecule has 0 radical (unpaired) electrons. The number of carbonyl (C=O) groups is 1. The van der Waals surface area contributed by atoms with E-state index < -0.39 is 0 Å². The van der Waals surface area contributed by atoms with Gasteiger partial charge in [-0.1, -0.05) is 11.6 Å². The lowest BCUT2D eigenvalue weighted by Gasteiger charge is -1.97. The van der Waals surface area contributed by atoms with Gasteiger partial charge in [0, 0.05) is 0 Å². The number of halogens is 2. The molecule has 11 heavy (non-hydrogen) atoms. The highest BCUT2D eigenvalue weighted by molar-refractivity contribution is 9.10. The predicted molar refractivity (Wildman–Crippen MR) is 47.0 cm³/mol. The van der Waals surface area contributed by atoms with Crippen molar-refractivity contribution in [3.8, 4) is 0 Å². The second kappa shape index (κ2) is 3.32. The zero-order valence-corrected chi connectivity index (χ0v) is 8.11. The summed E-state index contributed by atoms with van der Waals surface area (Å²) in [6.45, 7) is 1.46. The summed E-state index contributed by atoms with van der Waals surface area (Å²) in [5.74, 6) is -0.0741. The Balaban J connectivity index is 3.20. The molecule has 0 aliphatic rings. The van der Waals surface area contributed by atoms with E-state index in [1.807, 2.05) is 0 Å². The molecule has 0 spiro atoms. The van der Waals surface area contributed by atoms with E-state index in [0.29, 0.717) is 10.2 Å². The van der Waals surface area contributed by atoms with Gasteiger partial charge in [0.2, 0.25) is 0 Å². The molecule has 1 rings (SSSR count). The zero-order chi connectivity index (χ0) is 8.43. The molecule has 1 heterocycles. The maximum atomic E-state index is 10.8. The average Bonchev–Trinajstić information content (AvgIpc) is 1.85. The van der Waals surface area contributed by atoms with Crippen molar-refractivity contribution in [3.05, 3.63) is 27.5 Å². The van der Waals surface area contributed by atoms with Gasteiger partial charge in [-0.3, -0.25) is 4.79 Å². The molecule has 1 aromatic rings. The van der Waals surface area contributed by atoms with Crippen molar-refractivity contribution >= 4 is 33.3 Å². The number of aromatic nitrogens is 1. The molecule has 0 saturated heterocycles. The molecule has 0 atom stereocenters. The van der Waals surface area contributed by atoms with Crippen LogP contribution in [0.5, 0.6) is 0 Å². The van der Waals surface area contributed by atoms with Crippen molar-refractivity contribution in [2.45, 2.75) is 6.92 Å². The highest BCUT2D eigenvalue weighted by atomic mass is 79.9. The van der Waals surface area contributed by atoms with Gasteiger partial charge in [0.1, 0.15) is 9.76 Å². The van der Waals surface area contributed by atoms with Crippen LogP contribution < -0.4 is 0 Å². The molecule has 2 nitrogen and oxygen atoms in total. The lowest BCUT2D eigenvalue weighted by Crippen LogP contribution is -1.94. The Morgan fingerprint density at radius 3 is 2.73 bits per heavy atom. The van der Waals surface area contributed by atoms with Gasteiger partial charge in [0.05, 0.1) is 5.56 Å². The predicted octanol–water partition coefficient (Wildman–Crippen LogP) is 2.70. The van der Waals surface area contributed by atoms with Crippen LogP contribution in [0.25, 0.3) is 0 Å². The Morgan fingerprint density at radius 2 is 2.27 bits per heavy atom. The van der Waals surface area contributed by atoms with Gasteiger partial charge in [-0.15, -0.1) is 0 Å². The van der Waals surface area contributed by atoms with Crippen LogP contribution in [0.3, 0.4) is 0 Å². The van der Waals surface area contributed by atoms with E-state index >= 15 is 0 Å². The van der Waals surface area contributed by atoms with Gasteiger partial charge >= 0.3 is 0 Å². The third kappa shape index (κ3) is 2.01. The molecule has 0 N–H and O–H groups in total. The van der Waals surface area contributed by atoms with Crippen LogP contribution in [0.4, 0.5) is 0 Å². The molecule has 0 aliphatic carbocycles. The van der Waals surface area contributed by atoms with E-state index in [9.17, 15) is 4.79 Å². The third-order valence-corrected chi connectivity index (χ3v) is 1.92. The quantitative estimate of drug-likeness (QED) is 0.552. The Bertz CT molecular complexity index is 300. The summed E-state index contributed by atoms with van der Waals surface area (Å²) in [5, 5.41) is 0.242. The number of nitrogens with zero attached hydrogens (tertiary/aromatic N) is 1. The average molecular weight is 234 g/mol. The summed E-state index contributed by atoms with van der Waals surface area (Å²) in [7, 11) is 0. The lowest BCUT2D eigenvalue weighted by molar-refractivity contribution is 0.101. The summed E-state index contributed by atoms with van der Waals surface area (Å²) >= 11 is 8.80. The molecular weight excluding hydrogens is 229 g/mol. The smallest absolute Gasteiger partial charge is 0.162 e.